The Morgan fingerprint density at radius 2 is 1.79 bits per heavy atom. The highest BCUT2D eigenvalue weighted by Crippen LogP contribution is 2.18. The van der Waals surface area contributed by atoms with Crippen molar-refractivity contribution in [1.29, 1.82) is 0 Å². The first-order chi connectivity index (χ1) is 13.1. The third kappa shape index (κ3) is 6.46. The minimum Gasteiger partial charge on any atom is -0.481 e. The summed E-state index contributed by atoms with van der Waals surface area (Å²) in [5.41, 5.74) is 5.54. The maximum Gasteiger partial charge on any atom is 0.326 e. The van der Waals surface area contributed by atoms with Gasteiger partial charge in [-0.2, -0.15) is 0 Å². The zero-order valence-electron chi connectivity index (χ0n) is 15.5. The summed E-state index contributed by atoms with van der Waals surface area (Å²) in [4.78, 5) is 59.4. The number of hydrogen-bond acceptors (Lipinski definition) is 7. The van der Waals surface area contributed by atoms with Crippen LogP contribution in [0.1, 0.15) is 32.6 Å². The lowest BCUT2D eigenvalue weighted by atomic mass is 10.1. The lowest BCUT2D eigenvalue weighted by Crippen LogP contribution is -2.57. The number of aliphatic carboxylic acids is 2. The van der Waals surface area contributed by atoms with Crippen molar-refractivity contribution in [2.24, 2.45) is 5.73 Å². The molecule has 4 unspecified atom stereocenters. The number of likely N-dealkylation sites (tertiary alicyclic amines) is 1. The molecule has 12 heteroatoms. The average Bonchev–Trinajstić information content (AvgIpc) is 3.12. The molecule has 28 heavy (non-hydrogen) atoms. The van der Waals surface area contributed by atoms with Gasteiger partial charge in [-0.25, -0.2) is 4.79 Å². The third-order valence-corrected chi connectivity index (χ3v) is 4.37. The van der Waals surface area contributed by atoms with Crippen LogP contribution < -0.4 is 16.4 Å². The number of aliphatic hydroxyl groups is 1. The van der Waals surface area contributed by atoms with Crippen LogP contribution in [0.4, 0.5) is 0 Å². The predicted molar refractivity (Wildman–Crippen MR) is 93.8 cm³/mol. The minimum atomic E-state index is -1.40. The van der Waals surface area contributed by atoms with Gasteiger partial charge in [-0.1, -0.05) is 0 Å². The van der Waals surface area contributed by atoms with Crippen molar-refractivity contribution in [1.82, 2.24) is 15.5 Å². The van der Waals surface area contributed by atoms with E-state index in [4.69, 9.17) is 15.9 Å². The molecule has 1 fully saturated rings. The van der Waals surface area contributed by atoms with Crippen molar-refractivity contribution in [3.8, 4) is 0 Å². The molecular weight excluding hydrogens is 376 g/mol. The first-order valence-electron chi connectivity index (χ1n) is 8.80. The van der Waals surface area contributed by atoms with E-state index in [-0.39, 0.29) is 19.4 Å². The monoisotopic (exact) mass is 402 g/mol. The second-order valence-electron chi connectivity index (χ2n) is 6.54. The molecule has 0 radical (unpaired) electrons. The molecule has 0 aliphatic carbocycles. The van der Waals surface area contributed by atoms with Crippen molar-refractivity contribution in [2.75, 3.05) is 13.2 Å². The van der Waals surface area contributed by atoms with Crippen LogP contribution >= 0.6 is 0 Å². The summed E-state index contributed by atoms with van der Waals surface area (Å²) in [6.07, 6.45) is 0.371. The molecule has 1 aliphatic heterocycles. The SMILES string of the molecule is CC(NC(=O)C(CO)NC(=O)C(N)CCC(=O)O)C(=O)N1CCCC1C(=O)O. The van der Waals surface area contributed by atoms with E-state index in [1.807, 2.05) is 0 Å². The molecule has 158 valence electrons. The Kier molecular flexibility index (Phi) is 8.79. The lowest BCUT2D eigenvalue weighted by Gasteiger charge is -2.26. The highest BCUT2D eigenvalue weighted by molar-refractivity contribution is 5.94. The molecule has 0 spiro atoms. The Bertz CT molecular complexity index is 626. The summed E-state index contributed by atoms with van der Waals surface area (Å²) in [5, 5.41) is 31.6. The number of amides is 3. The van der Waals surface area contributed by atoms with Crippen molar-refractivity contribution < 1.29 is 39.3 Å². The number of hydrogen-bond donors (Lipinski definition) is 6. The number of carbonyl (C=O) groups is 5. The van der Waals surface area contributed by atoms with E-state index in [9.17, 15) is 29.1 Å². The summed E-state index contributed by atoms with van der Waals surface area (Å²) < 4.78 is 0. The van der Waals surface area contributed by atoms with Crippen LogP contribution in [0, 0.1) is 0 Å². The Hall–Kier alpha value is -2.73. The van der Waals surface area contributed by atoms with Crippen molar-refractivity contribution >= 4 is 29.7 Å². The number of carboxylic acid groups (broad SMARTS) is 2. The highest BCUT2D eigenvalue weighted by Gasteiger charge is 2.36. The number of nitrogens with zero attached hydrogens (tertiary/aromatic N) is 1. The number of aliphatic hydroxyl groups excluding tert-OH is 1. The molecule has 0 bridgehead atoms. The molecule has 3 amide bonds. The Labute approximate surface area is 161 Å². The molecular formula is C16H26N4O8. The fourth-order valence-electron chi connectivity index (χ4n) is 2.79. The minimum absolute atomic E-state index is 0.151. The van der Waals surface area contributed by atoms with Gasteiger partial charge in [0.15, 0.2) is 0 Å². The van der Waals surface area contributed by atoms with Crippen LogP contribution in [0.2, 0.25) is 0 Å². The van der Waals surface area contributed by atoms with Crippen LogP contribution in [0.5, 0.6) is 0 Å². The first-order valence-corrected chi connectivity index (χ1v) is 8.80. The van der Waals surface area contributed by atoms with Gasteiger partial charge in [0.2, 0.25) is 17.7 Å². The summed E-state index contributed by atoms with van der Waals surface area (Å²) in [6, 6.07) is -4.60. The quantitative estimate of drug-likeness (QED) is 0.224. The van der Waals surface area contributed by atoms with E-state index in [0.29, 0.717) is 12.8 Å². The number of rotatable bonds is 10. The molecule has 0 aromatic carbocycles. The highest BCUT2D eigenvalue weighted by atomic mass is 16.4. The zero-order valence-corrected chi connectivity index (χ0v) is 15.5. The maximum atomic E-state index is 12.4. The molecule has 0 aromatic heterocycles. The van der Waals surface area contributed by atoms with Crippen molar-refractivity contribution in [2.45, 2.75) is 56.8 Å². The van der Waals surface area contributed by atoms with Gasteiger partial charge < -0.3 is 36.6 Å². The number of nitrogens with one attached hydrogen (secondary N) is 2. The van der Waals surface area contributed by atoms with Gasteiger partial charge in [0.25, 0.3) is 0 Å². The maximum absolute atomic E-state index is 12.4. The van der Waals surface area contributed by atoms with Gasteiger partial charge in [-0.15, -0.1) is 0 Å². The molecule has 1 aliphatic rings. The summed E-state index contributed by atoms with van der Waals surface area (Å²) in [7, 11) is 0. The topological polar surface area (TPSA) is 199 Å². The average molecular weight is 402 g/mol. The van der Waals surface area contributed by atoms with Crippen LogP contribution in [0.15, 0.2) is 0 Å². The van der Waals surface area contributed by atoms with Crippen LogP contribution in [-0.4, -0.2) is 87.2 Å². The van der Waals surface area contributed by atoms with Gasteiger partial charge in [-0.05, 0) is 26.2 Å². The van der Waals surface area contributed by atoms with Crippen LogP contribution in [-0.2, 0) is 24.0 Å². The number of carbonyl (C=O) groups excluding carboxylic acids is 3. The standard InChI is InChI=1S/C16H26N4O8/c1-8(15(26)20-6-2-3-11(20)16(27)28)18-14(25)10(7-21)19-13(24)9(17)4-5-12(22)23/h8-11,21H,2-7,17H2,1H3,(H,18,25)(H,19,24)(H,22,23)(H,27,28). The van der Waals surface area contributed by atoms with E-state index in [0.717, 1.165) is 0 Å². The molecule has 1 rings (SSSR count). The summed E-state index contributed by atoms with van der Waals surface area (Å²) in [5.74, 6) is -4.51. The van der Waals surface area contributed by atoms with Crippen molar-refractivity contribution in [3.05, 3.63) is 0 Å². The van der Waals surface area contributed by atoms with Crippen molar-refractivity contribution in [3.63, 3.8) is 0 Å². The molecule has 7 N–H and O–H groups in total. The fourth-order valence-corrected chi connectivity index (χ4v) is 2.79. The van der Waals surface area contributed by atoms with Gasteiger partial charge in [-0.3, -0.25) is 19.2 Å². The Balaban J connectivity index is 2.62. The molecule has 0 aromatic rings. The molecule has 4 atom stereocenters. The van der Waals surface area contributed by atoms with Gasteiger partial charge in [0.05, 0.1) is 12.6 Å². The van der Waals surface area contributed by atoms with E-state index < -0.39 is 60.4 Å². The molecule has 0 saturated carbocycles. The van der Waals surface area contributed by atoms with Gasteiger partial charge >= 0.3 is 11.9 Å². The molecule has 1 saturated heterocycles. The number of carboxylic acids is 2. The Morgan fingerprint density at radius 1 is 1.14 bits per heavy atom. The predicted octanol–water partition coefficient (Wildman–Crippen LogP) is -2.76. The lowest BCUT2D eigenvalue weighted by molar-refractivity contribution is -0.149. The van der Waals surface area contributed by atoms with Gasteiger partial charge in [0.1, 0.15) is 18.1 Å². The Morgan fingerprint density at radius 3 is 2.32 bits per heavy atom. The fraction of sp³-hybridized carbons (Fsp3) is 0.688. The van der Waals surface area contributed by atoms with E-state index in [2.05, 4.69) is 10.6 Å². The number of nitrogens with two attached hydrogens (primary N) is 1. The molecule has 1 heterocycles. The van der Waals surface area contributed by atoms with Crippen LogP contribution in [0.25, 0.3) is 0 Å². The van der Waals surface area contributed by atoms with Gasteiger partial charge in [0, 0.05) is 13.0 Å². The zero-order chi connectivity index (χ0) is 21.4. The van der Waals surface area contributed by atoms with E-state index in [1.165, 1.54) is 11.8 Å². The first kappa shape index (κ1) is 23.3. The summed E-state index contributed by atoms with van der Waals surface area (Å²) >= 11 is 0. The third-order valence-electron chi connectivity index (χ3n) is 4.37. The second-order valence-corrected chi connectivity index (χ2v) is 6.54. The van der Waals surface area contributed by atoms with E-state index in [1.54, 1.807) is 0 Å². The van der Waals surface area contributed by atoms with E-state index >= 15 is 0 Å². The second kappa shape index (κ2) is 10.6. The smallest absolute Gasteiger partial charge is 0.326 e. The summed E-state index contributed by atoms with van der Waals surface area (Å²) in [6.45, 7) is 0.854. The molecule has 12 nitrogen and oxygen atoms in total. The largest absolute Gasteiger partial charge is 0.481 e. The van der Waals surface area contributed by atoms with Crippen LogP contribution in [0.3, 0.4) is 0 Å². The normalized spacial score (nSPS) is 19.4.